The lowest BCUT2D eigenvalue weighted by Crippen LogP contribution is -2.28. The van der Waals surface area contributed by atoms with Crippen molar-refractivity contribution in [1.82, 2.24) is 4.98 Å². The van der Waals surface area contributed by atoms with Crippen molar-refractivity contribution in [3.05, 3.63) is 24.0 Å². The largest absolute Gasteiger partial charge is 0.370 e. The minimum absolute atomic E-state index is 0.0153. The first-order chi connectivity index (χ1) is 8.08. The molecule has 1 rings (SSSR count). The van der Waals surface area contributed by atoms with Crippen LogP contribution in [0.1, 0.15) is 44.6 Å². The highest BCUT2D eigenvalue weighted by molar-refractivity contribution is 5.92. The number of aromatic nitrogens is 1. The van der Waals surface area contributed by atoms with E-state index in [1.165, 1.54) is 6.42 Å². The average Bonchev–Trinajstić information content (AvgIpc) is 2.35. The second-order valence-electron chi connectivity index (χ2n) is 4.51. The summed E-state index contributed by atoms with van der Waals surface area (Å²) < 4.78 is 0. The molecule has 3 heteroatoms. The van der Waals surface area contributed by atoms with E-state index in [9.17, 15) is 4.79 Å². The van der Waals surface area contributed by atoms with E-state index in [0.717, 1.165) is 18.8 Å². The van der Waals surface area contributed by atoms with E-state index in [4.69, 9.17) is 0 Å². The monoisotopic (exact) mass is 234 g/mol. The third-order valence-electron chi connectivity index (χ3n) is 3.08. The van der Waals surface area contributed by atoms with Crippen LogP contribution in [0.2, 0.25) is 0 Å². The van der Waals surface area contributed by atoms with E-state index in [1.807, 2.05) is 6.07 Å². The Bertz CT molecular complexity index is 359. The summed E-state index contributed by atoms with van der Waals surface area (Å²) in [5, 5.41) is 0. The molecule has 0 fully saturated rings. The molecule has 1 aromatic heterocycles. The van der Waals surface area contributed by atoms with Crippen LogP contribution in [0.25, 0.3) is 0 Å². The molecule has 0 spiro atoms. The molecule has 0 bridgehead atoms. The molecule has 94 valence electrons. The number of Topliss-reactive ketones (excluding diaryl/α,β-unsaturated/α-hetero) is 1. The van der Waals surface area contributed by atoms with E-state index < -0.39 is 0 Å². The number of hydrogen-bond donors (Lipinski definition) is 0. The summed E-state index contributed by atoms with van der Waals surface area (Å²) >= 11 is 0. The van der Waals surface area contributed by atoms with Crippen LogP contribution in [0.3, 0.4) is 0 Å². The normalized spacial score (nSPS) is 12.2. The fourth-order valence-electron chi connectivity index (χ4n) is 1.70. The Morgan fingerprint density at radius 3 is 2.53 bits per heavy atom. The second-order valence-corrected chi connectivity index (χ2v) is 4.51. The molecule has 0 saturated heterocycles. The third-order valence-corrected chi connectivity index (χ3v) is 3.08. The van der Waals surface area contributed by atoms with Gasteiger partial charge in [0.25, 0.3) is 0 Å². The van der Waals surface area contributed by atoms with Gasteiger partial charge in [0.1, 0.15) is 5.69 Å². The van der Waals surface area contributed by atoms with Gasteiger partial charge in [0.05, 0.1) is 11.9 Å². The van der Waals surface area contributed by atoms with Gasteiger partial charge >= 0.3 is 0 Å². The van der Waals surface area contributed by atoms with Gasteiger partial charge < -0.3 is 4.90 Å². The van der Waals surface area contributed by atoms with Gasteiger partial charge in [0, 0.05) is 20.0 Å². The lowest BCUT2D eigenvalue weighted by molar-refractivity contribution is 0.101. The van der Waals surface area contributed by atoms with Crippen LogP contribution in [0.5, 0.6) is 0 Å². The number of carbonyl (C=O) groups excluding carboxylic acids is 1. The third kappa shape index (κ3) is 3.84. The van der Waals surface area contributed by atoms with Gasteiger partial charge in [-0.15, -0.1) is 0 Å². The van der Waals surface area contributed by atoms with Gasteiger partial charge in [-0.25, -0.2) is 0 Å². The van der Waals surface area contributed by atoms with Gasteiger partial charge in [0.15, 0.2) is 5.78 Å². The lowest BCUT2D eigenvalue weighted by atomic mass is 10.1. The molecule has 3 nitrogen and oxygen atoms in total. The lowest BCUT2D eigenvalue weighted by Gasteiger charge is -2.25. The highest BCUT2D eigenvalue weighted by Gasteiger charge is 2.09. The molecule has 0 N–H and O–H groups in total. The average molecular weight is 234 g/mol. The first-order valence-electron chi connectivity index (χ1n) is 6.30. The van der Waals surface area contributed by atoms with E-state index >= 15 is 0 Å². The maximum Gasteiger partial charge on any atom is 0.178 e. The Labute approximate surface area is 104 Å². The minimum atomic E-state index is 0.0153. The van der Waals surface area contributed by atoms with E-state index in [0.29, 0.717) is 11.6 Å². The number of pyridine rings is 1. The summed E-state index contributed by atoms with van der Waals surface area (Å²) in [7, 11) is 0. The van der Waals surface area contributed by atoms with Crippen molar-refractivity contribution in [3.8, 4) is 0 Å². The van der Waals surface area contributed by atoms with E-state index in [2.05, 4.69) is 30.7 Å². The maximum absolute atomic E-state index is 11.1. The SMILES string of the molecule is CCC(C)CN(CC)c1ccc(C(C)=O)nc1. The first-order valence-corrected chi connectivity index (χ1v) is 6.30. The van der Waals surface area contributed by atoms with Gasteiger partial charge in [-0.3, -0.25) is 9.78 Å². The smallest absolute Gasteiger partial charge is 0.178 e. The van der Waals surface area contributed by atoms with E-state index in [1.54, 1.807) is 19.2 Å². The van der Waals surface area contributed by atoms with Crippen molar-refractivity contribution in [2.45, 2.75) is 34.1 Å². The van der Waals surface area contributed by atoms with Crippen molar-refractivity contribution in [1.29, 1.82) is 0 Å². The topological polar surface area (TPSA) is 33.2 Å². The van der Waals surface area contributed by atoms with Gasteiger partial charge in [-0.05, 0) is 25.0 Å². The predicted octanol–water partition coefficient (Wildman–Crippen LogP) is 3.16. The van der Waals surface area contributed by atoms with Crippen LogP contribution in [0, 0.1) is 5.92 Å². The molecule has 0 aromatic carbocycles. The van der Waals surface area contributed by atoms with Crippen molar-refractivity contribution in [3.63, 3.8) is 0 Å². The highest BCUT2D eigenvalue weighted by Crippen LogP contribution is 2.16. The summed E-state index contributed by atoms with van der Waals surface area (Å²) in [5.41, 5.74) is 1.63. The van der Waals surface area contributed by atoms with Crippen molar-refractivity contribution >= 4 is 11.5 Å². The zero-order valence-electron chi connectivity index (χ0n) is 11.2. The number of rotatable bonds is 6. The predicted molar refractivity (Wildman–Crippen MR) is 71.6 cm³/mol. The maximum atomic E-state index is 11.1. The molecule has 1 atom stereocenters. The molecule has 0 saturated carbocycles. The summed E-state index contributed by atoms with van der Waals surface area (Å²) in [5.74, 6) is 0.684. The molecule has 0 aliphatic rings. The molecule has 1 unspecified atom stereocenters. The molecular weight excluding hydrogens is 212 g/mol. The second kappa shape index (κ2) is 6.38. The molecule has 0 aliphatic carbocycles. The molecule has 0 amide bonds. The van der Waals surface area contributed by atoms with Crippen LogP contribution in [0.4, 0.5) is 5.69 Å². The van der Waals surface area contributed by atoms with Crippen LogP contribution in [0.15, 0.2) is 18.3 Å². The number of carbonyl (C=O) groups is 1. The molecule has 0 radical (unpaired) electrons. The van der Waals surface area contributed by atoms with Crippen LogP contribution in [-0.2, 0) is 0 Å². The van der Waals surface area contributed by atoms with Crippen LogP contribution in [-0.4, -0.2) is 23.9 Å². The van der Waals surface area contributed by atoms with Gasteiger partial charge in [-0.1, -0.05) is 20.3 Å². The summed E-state index contributed by atoms with van der Waals surface area (Å²) in [6.07, 6.45) is 2.97. The van der Waals surface area contributed by atoms with E-state index in [-0.39, 0.29) is 5.78 Å². The Morgan fingerprint density at radius 2 is 2.12 bits per heavy atom. The zero-order chi connectivity index (χ0) is 12.8. The standard InChI is InChI=1S/C14H22N2O/c1-5-11(3)10-16(6-2)13-7-8-14(12(4)17)15-9-13/h7-9,11H,5-6,10H2,1-4H3. The quantitative estimate of drug-likeness (QED) is 0.709. The number of ketones is 1. The molecule has 0 aliphatic heterocycles. The summed E-state index contributed by atoms with van der Waals surface area (Å²) in [6.45, 7) is 10.1. The Hall–Kier alpha value is -1.38. The molecule has 17 heavy (non-hydrogen) atoms. The molecule has 1 heterocycles. The van der Waals surface area contributed by atoms with Gasteiger partial charge in [0.2, 0.25) is 0 Å². The number of hydrogen-bond acceptors (Lipinski definition) is 3. The van der Waals surface area contributed by atoms with Crippen molar-refractivity contribution in [2.75, 3.05) is 18.0 Å². The Balaban J connectivity index is 2.78. The fraction of sp³-hybridized carbons (Fsp3) is 0.571. The Morgan fingerprint density at radius 1 is 1.41 bits per heavy atom. The first kappa shape index (κ1) is 13.7. The highest BCUT2D eigenvalue weighted by atomic mass is 16.1. The fourth-order valence-corrected chi connectivity index (χ4v) is 1.70. The van der Waals surface area contributed by atoms with Crippen LogP contribution < -0.4 is 4.90 Å². The minimum Gasteiger partial charge on any atom is -0.370 e. The van der Waals surface area contributed by atoms with Crippen molar-refractivity contribution in [2.24, 2.45) is 5.92 Å². The number of nitrogens with zero attached hydrogens (tertiary/aromatic N) is 2. The molecule has 1 aromatic rings. The van der Waals surface area contributed by atoms with Gasteiger partial charge in [-0.2, -0.15) is 0 Å². The molecular formula is C14H22N2O. The van der Waals surface area contributed by atoms with Crippen LogP contribution >= 0.6 is 0 Å². The zero-order valence-corrected chi connectivity index (χ0v) is 11.2. The summed E-state index contributed by atoms with van der Waals surface area (Å²) in [6, 6.07) is 3.78. The summed E-state index contributed by atoms with van der Waals surface area (Å²) in [4.78, 5) is 17.6. The Kier molecular flexibility index (Phi) is 5.13. The van der Waals surface area contributed by atoms with Crippen molar-refractivity contribution < 1.29 is 4.79 Å². The number of anilines is 1.